The van der Waals surface area contributed by atoms with Crippen molar-refractivity contribution in [3.05, 3.63) is 17.7 Å². The van der Waals surface area contributed by atoms with Gasteiger partial charge in [0.15, 0.2) is 0 Å². The minimum Gasteiger partial charge on any atom is -0.348 e. The zero-order chi connectivity index (χ0) is 10.5. The molecule has 1 aliphatic heterocycles. The van der Waals surface area contributed by atoms with Crippen molar-refractivity contribution < 1.29 is 0 Å². The fourth-order valence-corrected chi connectivity index (χ4v) is 3.33. The molecule has 3 nitrogen and oxygen atoms in total. The Balaban J connectivity index is 2.02. The van der Waals surface area contributed by atoms with E-state index in [9.17, 15) is 0 Å². The second kappa shape index (κ2) is 2.85. The molecule has 1 fully saturated rings. The lowest BCUT2D eigenvalue weighted by atomic mass is 9.83. The van der Waals surface area contributed by atoms with Gasteiger partial charge >= 0.3 is 0 Å². The Kier molecular flexibility index (Phi) is 1.78. The van der Waals surface area contributed by atoms with E-state index in [4.69, 9.17) is 0 Å². The number of H-pyrrole nitrogens is 1. The van der Waals surface area contributed by atoms with E-state index in [2.05, 4.69) is 29.1 Å². The fraction of sp³-hybridized carbons (Fsp3) is 0.750. The Bertz CT molecular complexity index is 380. The number of imidazole rings is 1. The van der Waals surface area contributed by atoms with E-state index >= 15 is 0 Å². The number of rotatable bonds is 0. The highest BCUT2D eigenvalue weighted by Gasteiger charge is 2.47. The molecule has 0 amide bonds. The van der Waals surface area contributed by atoms with Gasteiger partial charge in [-0.3, -0.25) is 0 Å². The largest absolute Gasteiger partial charge is 0.348 e. The summed E-state index contributed by atoms with van der Waals surface area (Å²) in [6, 6.07) is 0. The molecule has 1 aliphatic carbocycles. The molecule has 1 saturated carbocycles. The molecule has 82 valence electrons. The Morgan fingerprint density at radius 2 is 2.20 bits per heavy atom. The second-order valence-corrected chi connectivity index (χ2v) is 5.83. The maximum absolute atomic E-state index is 4.54. The van der Waals surface area contributed by atoms with Crippen LogP contribution in [0.4, 0.5) is 0 Å². The summed E-state index contributed by atoms with van der Waals surface area (Å²) in [7, 11) is 0. The summed E-state index contributed by atoms with van der Waals surface area (Å²) in [6.07, 6.45) is 6.70. The van der Waals surface area contributed by atoms with Gasteiger partial charge in [0.1, 0.15) is 0 Å². The first-order valence-corrected chi connectivity index (χ1v) is 5.89. The highest BCUT2D eigenvalue weighted by Crippen LogP contribution is 2.49. The van der Waals surface area contributed by atoms with Gasteiger partial charge in [0.05, 0.1) is 17.6 Å². The van der Waals surface area contributed by atoms with Gasteiger partial charge in [-0.2, -0.15) is 0 Å². The highest BCUT2D eigenvalue weighted by atomic mass is 15.1. The molecule has 1 atom stereocenters. The Morgan fingerprint density at radius 3 is 2.93 bits per heavy atom. The van der Waals surface area contributed by atoms with Crippen LogP contribution < -0.4 is 5.32 Å². The van der Waals surface area contributed by atoms with E-state index in [0.717, 1.165) is 13.0 Å². The monoisotopic (exact) mass is 205 g/mol. The maximum Gasteiger partial charge on any atom is 0.0926 e. The number of nitrogens with one attached hydrogen (secondary N) is 2. The van der Waals surface area contributed by atoms with E-state index in [1.165, 1.54) is 30.7 Å². The number of nitrogens with zero attached hydrogens (tertiary/aromatic N) is 1. The molecule has 1 unspecified atom stereocenters. The smallest absolute Gasteiger partial charge is 0.0926 e. The van der Waals surface area contributed by atoms with E-state index in [1.54, 1.807) is 0 Å². The zero-order valence-electron chi connectivity index (χ0n) is 9.56. The Hall–Kier alpha value is -0.830. The van der Waals surface area contributed by atoms with Crippen LogP contribution in [0.25, 0.3) is 0 Å². The van der Waals surface area contributed by atoms with Crippen molar-refractivity contribution in [1.29, 1.82) is 0 Å². The molecule has 3 heteroatoms. The van der Waals surface area contributed by atoms with Gasteiger partial charge in [0, 0.05) is 18.7 Å². The molecule has 2 heterocycles. The van der Waals surface area contributed by atoms with Crippen molar-refractivity contribution in [1.82, 2.24) is 15.3 Å². The van der Waals surface area contributed by atoms with Crippen LogP contribution in [0.1, 0.15) is 44.5 Å². The summed E-state index contributed by atoms with van der Waals surface area (Å²) >= 11 is 0. The zero-order valence-corrected chi connectivity index (χ0v) is 9.56. The normalized spacial score (nSPS) is 33.2. The number of aromatic nitrogens is 2. The molecule has 1 aromatic rings. The molecule has 3 rings (SSSR count). The molecule has 0 aromatic carbocycles. The van der Waals surface area contributed by atoms with Gasteiger partial charge in [0.25, 0.3) is 0 Å². The van der Waals surface area contributed by atoms with Crippen LogP contribution in [0.15, 0.2) is 6.33 Å². The average molecular weight is 205 g/mol. The van der Waals surface area contributed by atoms with Gasteiger partial charge in [-0.1, -0.05) is 13.8 Å². The van der Waals surface area contributed by atoms with Gasteiger partial charge in [-0.15, -0.1) is 0 Å². The third-order valence-electron chi connectivity index (χ3n) is 4.02. The van der Waals surface area contributed by atoms with Crippen molar-refractivity contribution in [3.8, 4) is 0 Å². The second-order valence-electron chi connectivity index (χ2n) is 5.83. The van der Waals surface area contributed by atoms with E-state index in [-0.39, 0.29) is 5.54 Å². The molecule has 2 aliphatic rings. The molecular weight excluding hydrogens is 186 g/mol. The first-order chi connectivity index (χ1) is 7.11. The SMILES string of the molecule is CC1(C)CCC2(C1)NCCc1[nH]cnc12. The van der Waals surface area contributed by atoms with Crippen molar-refractivity contribution in [2.45, 2.75) is 45.1 Å². The molecule has 2 N–H and O–H groups in total. The third kappa shape index (κ3) is 1.33. The maximum atomic E-state index is 4.54. The highest BCUT2D eigenvalue weighted by molar-refractivity contribution is 5.27. The number of hydrogen-bond acceptors (Lipinski definition) is 2. The van der Waals surface area contributed by atoms with Gasteiger partial charge < -0.3 is 10.3 Å². The topological polar surface area (TPSA) is 40.7 Å². The fourth-order valence-electron chi connectivity index (χ4n) is 3.33. The Morgan fingerprint density at radius 1 is 1.33 bits per heavy atom. The number of hydrogen-bond donors (Lipinski definition) is 2. The van der Waals surface area contributed by atoms with Crippen LogP contribution in [0.2, 0.25) is 0 Å². The van der Waals surface area contributed by atoms with Crippen molar-refractivity contribution >= 4 is 0 Å². The lowest BCUT2D eigenvalue weighted by molar-refractivity contribution is 0.271. The molecule has 0 bridgehead atoms. The van der Waals surface area contributed by atoms with Crippen molar-refractivity contribution in [3.63, 3.8) is 0 Å². The van der Waals surface area contributed by atoms with Crippen molar-refractivity contribution in [2.75, 3.05) is 6.54 Å². The molecule has 0 radical (unpaired) electrons. The summed E-state index contributed by atoms with van der Waals surface area (Å²) < 4.78 is 0. The lowest BCUT2D eigenvalue weighted by Gasteiger charge is -2.35. The summed E-state index contributed by atoms with van der Waals surface area (Å²) in [5.74, 6) is 0. The van der Waals surface area contributed by atoms with Crippen LogP contribution >= 0.6 is 0 Å². The van der Waals surface area contributed by atoms with Crippen LogP contribution in [0.5, 0.6) is 0 Å². The van der Waals surface area contributed by atoms with E-state index in [1.807, 2.05) is 6.33 Å². The van der Waals surface area contributed by atoms with Crippen LogP contribution in [-0.4, -0.2) is 16.5 Å². The molecule has 0 saturated heterocycles. The molecule has 15 heavy (non-hydrogen) atoms. The van der Waals surface area contributed by atoms with Crippen LogP contribution in [0, 0.1) is 5.41 Å². The first-order valence-electron chi connectivity index (χ1n) is 5.89. The van der Waals surface area contributed by atoms with Gasteiger partial charge in [-0.25, -0.2) is 4.98 Å². The Labute approximate surface area is 90.7 Å². The summed E-state index contributed by atoms with van der Waals surface area (Å²) in [6.45, 7) is 5.82. The molecule has 1 spiro atoms. The minimum absolute atomic E-state index is 0.178. The standard InChI is InChI=1S/C12H19N3/c1-11(2)4-5-12(7-11)10-9(3-6-15-12)13-8-14-10/h8,15H,3-7H2,1-2H3,(H,13,14). The predicted molar refractivity (Wildman–Crippen MR) is 59.6 cm³/mol. The third-order valence-corrected chi connectivity index (χ3v) is 4.02. The summed E-state index contributed by atoms with van der Waals surface area (Å²) in [5, 5.41) is 3.71. The number of aromatic amines is 1. The predicted octanol–water partition coefficient (Wildman–Crippen LogP) is 1.96. The van der Waals surface area contributed by atoms with Crippen LogP contribution in [-0.2, 0) is 12.0 Å². The summed E-state index contributed by atoms with van der Waals surface area (Å²) in [5.41, 5.74) is 3.28. The van der Waals surface area contributed by atoms with Crippen molar-refractivity contribution in [2.24, 2.45) is 5.41 Å². The van der Waals surface area contributed by atoms with E-state index in [0.29, 0.717) is 5.41 Å². The molecular formula is C12H19N3. The van der Waals surface area contributed by atoms with Crippen LogP contribution in [0.3, 0.4) is 0 Å². The average Bonchev–Trinajstić information content (AvgIpc) is 2.73. The van der Waals surface area contributed by atoms with Gasteiger partial charge in [0.2, 0.25) is 0 Å². The summed E-state index contributed by atoms with van der Waals surface area (Å²) in [4.78, 5) is 7.82. The lowest BCUT2D eigenvalue weighted by Crippen LogP contribution is -2.46. The number of fused-ring (bicyclic) bond motifs is 2. The van der Waals surface area contributed by atoms with E-state index < -0.39 is 0 Å². The minimum atomic E-state index is 0.178. The first kappa shape index (κ1) is 9.40. The molecule has 1 aromatic heterocycles. The quantitative estimate of drug-likeness (QED) is 0.679. The van der Waals surface area contributed by atoms with Gasteiger partial charge in [-0.05, 0) is 24.7 Å².